The van der Waals surface area contributed by atoms with E-state index in [0.29, 0.717) is 18.1 Å². The molecule has 1 aliphatic heterocycles. The molecule has 1 aromatic carbocycles. The van der Waals surface area contributed by atoms with Gasteiger partial charge in [-0.15, -0.1) is 0 Å². The van der Waals surface area contributed by atoms with Crippen molar-refractivity contribution in [2.24, 2.45) is 5.73 Å². The molecule has 1 amide bonds. The highest BCUT2D eigenvalue weighted by Crippen LogP contribution is 2.27. The molecule has 0 saturated carbocycles. The molecule has 1 aromatic rings. The first-order valence-electron chi connectivity index (χ1n) is 6.17. The van der Waals surface area contributed by atoms with Crippen molar-refractivity contribution < 1.29 is 4.79 Å². The molecule has 1 aliphatic rings. The van der Waals surface area contributed by atoms with Gasteiger partial charge in [-0.05, 0) is 18.1 Å². The molecule has 98 valence electrons. The predicted molar refractivity (Wildman–Crippen MR) is 72.4 cm³/mol. The van der Waals surface area contributed by atoms with E-state index in [9.17, 15) is 4.79 Å². The summed E-state index contributed by atoms with van der Waals surface area (Å²) in [4.78, 5) is 13.7. The van der Waals surface area contributed by atoms with Gasteiger partial charge in [-0.1, -0.05) is 29.8 Å². The molecule has 0 spiro atoms. The van der Waals surface area contributed by atoms with Crippen LogP contribution in [0.2, 0.25) is 5.02 Å². The third-order valence-electron chi connectivity index (χ3n) is 3.22. The van der Waals surface area contributed by atoms with Crippen molar-refractivity contribution >= 4 is 17.5 Å². The van der Waals surface area contributed by atoms with E-state index in [4.69, 9.17) is 17.3 Å². The van der Waals surface area contributed by atoms with Crippen LogP contribution in [0.15, 0.2) is 24.3 Å². The average Bonchev–Trinajstić information content (AvgIpc) is 2.57. The smallest absolute Gasteiger partial charge is 0.234 e. The number of benzene rings is 1. The lowest BCUT2D eigenvalue weighted by atomic mass is 10.0. The van der Waals surface area contributed by atoms with Crippen LogP contribution in [0.5, 0.6) is 0 Å². The third-order valence-corrected chi connectivity index (χ3v) is 3.56. The number of nitrogens with zero attached hydrogens (tertiary/aromatic N) is 1. The highest BCUT2D eigenvalue weighted by atomic mass is 35.5. The number of hydrogen-bond acceptors (Lipinski definition) is 3. The van der Waals surface area contributed by atoms with Gasteiger partial charge in [0.25, 0.3) is 0 Å². The molecule has 3 N–H and O–H groups in total. The second-order valence-electron chi connectivity index (χ2n) is 4.45. The van der Waals surface area contributed by atoms with Crippen LogP contribution >= 0.6 is 11.6 Å². The van der Waals surface area contributed by atoms with Gasteiger partial charge in [0.05, 0.1) is 6.54 Å². The molecule has 0 bridgehead atoms. The quantitative estimate of drug-likeness (QED) is 0.864. The van der Waals surface area contributed by atoms with Crippen LogP contribution in [0, 0.1) is 0 Å². The second kappa shape index (κ2) is 6.18. The van der Waals surface area contributed by atoms with Crippen LogP contribution in [-0.4, -0.2) is 37.0 Å². The second-order valence-corrected chi connectivity index (χ2v) is 4.85. The average molecular weight is 268 g/mol. The number of halogens is 1. The number of hydrogen-bond donors (Lipinski definition) is 2. The van der Waals surface area contributed by atoms with Crippen LogP contribution in [0.25, 0.3) is 0 Å². The first kappa shape index (κ1) is 13.3. The fourth-order valence-electron chi connectivity index (χ4n) is 2.31. The van der Waals surface area contributed by atoms with Crippen molar-refractivity contribution in [1.82, 2.24) is 10.2 Å². The third kappa shape index (κ3) is 3.02. The number of rotatable bonds is 3. The van der Waals surface area contributed by atoms with Crippen molar-refractivity contribution in [3.63, 3.8) is 0 Å². The molecule has 0 aliphatic carbocycles. The van der Waals surface area contributed by atoms with Gasteiger partial charge in [0, 0.05) is 30.7 Å². The zero-order valence-electron chi connectivity index (χ0n) is 10.2. The summed E-state index contributed by atoms with van der Waals surface area (Å²) in [7, 11) is 0. The summed E-state index contributed by atoms with van der Waals surface area (Å²) >= 11 is 6.21. The lowest BCUT2D eigenvalue weighted by Gasteiger charge is -2.29. The summed E-state index contributed by atoms with van der Waals surface area (Å²) in [6, 6.07) is 7.68. The Bertz CT molecular complexity index is 424. The van der Waals surface area contributed by atoms with Crippen LogP contribution < -0.4 is 11.1 Å². The normalized spacial score (nSPS) is 19.1. The molecule has 18 heavy (non-hydrogen) atoms. The van der Waals surface area contributed by atoms with Gasteiger partial charge in [-0.25, -0.2) is 0 Å². The Kier molecular flexibility index (Phi) is 4.58. The van der Waals surface area contributed by atoms with E-state index >= 15 is 0 Å². The first-order chi connectivity index (χ1) is 8.72. The van der Waals surface area contributed by atoms with Crippen molar-refractivity contribution in [1.29, 1.82) is 0 Å². The fourth-order valence-corrected chi connectivity index (χ4v) is 2.58. The van der Waals surface area contributed by atoms with E-state index in [2.05, 4.69) is 10.2 Å². The van der Waals surface area contributed by atoms with Gasteiger partial charge >= 0.3 is 0 Å². The van der Waals surface area contributed by atoms with Crippen LogP contribution in [0.4, 0.5) is 0 Å². The largest absolute Gasteiger partial charge is 0.355 e. The lowest BCUT2D eigenvalue weighted by Crippen LogP contribution is -2.38. The predicted octanol–water partition coefficient (Wildman–Crippen LogP) is 1.16. The van der Waals surface area contributed by atoms with Gasteiger partial charge in [-0.2, -0.15) is 0 Å². The highest BCUT2D eigenvalue weighted by molar-refractivity contribution is 6.31. The standard InChI is InChI=1S/C13H18ClN3O/c14-11-5-2-1-4-10(11)12(8-15)17-7-3-6-16-13(18)9-17/h1-2,4-5,12H,3,6-9,15H2,(H,16,18). The van der Waals surface area contributed by atoms with Crippen LogP contribution in [-0.2, 0) is 4.79 Å². The molecular weight excluding hydrogens is 250 g/mol. The van der Waals surface area contributed by atoms with Crippen molar-refractivity contribution in [2.45, 2.75) is 12.5 Å². The van der Waals surface area contributed by atoms with Crippen LogP contribution in [0.1, 0.15) is 18.0 Å². The minimum absolute atomic E-state index is 0.00236. The topological polar surface area (TPSA) is 58.4 Å². The molecule has 2 rings (SSSR count). The Hall–Kier alpha value is -1.10. The molecule has 5 heteroatoms. The Morgan fingerprint density at radius 1 is 1.44 bits per heavy atom. The number of carbonyl (C=O) groups excluding carboxylic acids is 1. The van der Waals surface area contributed by atoms with Crippen molar-refractivity contribution in [3.05, 3.63) is 34.9 Å². The molecule has 1 fully saturated rings. The molecular formula is C13H18ClN3O. The molecule has 1 unspecified atom stereocenters. The molecule has 1 heterocycles. The minimum Gasteiger partial charge on any atom is -0.355 e. The summed E-state index contributed by atoms with van der Waals surface area (Å²) in [6.07, 6.45) is 0.937. The van der Waals surface area contributed by atoms with E-state index < -0.39 is 0 Å². The molecule has 1 saturated heterocycles. The van der Waals surface area contributed by atoms with Gasteiger partial charge in [-0.3, -0.25) is 9.69 Å². The van der Waals surface area contributed by atoms with Gasteiger partial charge in [0.15, 0.2) is 0 Å². The number of nitrogens with two attached hydrogens (primary N) is 1. The SMILES string of the molecule is NCC(c1ccccc1Cl)N1CCCNC(=O)C1. The monoisotopic (exact) mass is 267 g/mol. The molecule has 0 aromatic heterocycles. The Labute approximate surface area is 112 Å². The molecule has 1 atom stereocenters. The zero-order chi connectivity index (χ0) is 13.0. The summed E-state index contributed by atoms with van der Waals surface area (Å²) in [5.41, 5.74) is 6.87. The highest BCUT2D eigenvalue weighted by Gasteiger charge is 2.24. The van der Waals surface area contributed by atoms with E-state index in [1.54, 1.807) is 0 Å². The van der Waals surface area contributed by atoms with Crippen LogP contribution in [0.3, 0.4) is 0 Å². The number of nitrogens with one attached hydrogen (secondary N) is 1. The maximum absolute atomic E-state index is 11.6. The van der Waals surface area contributed by atoms with Gasteiger partial charge in [0.1, 0.15) is 0 Å². The number of amides is 1. The Morgan fingerprint density at radius 3 is 2.94 bits per heavy atom. The van der Waals surface area contributed by atoms with Crippen molar-refractivity contribution in [2.75, 3.05) is 26.2 Å². The van der Waals surface area contributed by atoms with E-state index in [1.165, 1.54) is 0 Å². The summed E-state index contributed by atoms with van der Waals surface area (Å²) < 4.78 is 0. The van der Waals surface area contributed by atoms with E-state index in [0.717, 1.165) is 25.1 Å². The summed E-state index contributed by atoms with van der Waals surface area (Å²) in [6.45, 7) is 2.42. The minimum atomic E-state index is 0.00236. The molecule has 0 radical (unpaired) electrons. The Balaban J connectivity index is 2.22. The zero-order valence-corrected chi connectivity index (χ0v) is 11.0. The maximum Gasteiger partial charge on any atom is 0.234 e. The van der Waals surface area contributed by atoms with E-state index in [-0.39, 0.29) is 11.9 Å². The molecule has 4 nitrogen and oxygen atoms in total. The van der Waals surface area contributed by atoms with E-state index in [1.807, 2.05) is 24.3 Å². The summed E-state index contributed by atoms with van der Waals surface area (Å²) in [5.74, 6) is 0.0537. The number of carbonyl (C=O) groups is 1. The lowest BCUT2D eigenvalue weighted by molar-refractivity contribution is -0.121. The van der Waals surface area contributed by atoms with Gasteiger partial charge in [0.2, 0.25) is 5.91 Å². The van der Waals surface area contributed by atoms with Gasteiger partial charge < -0.3 is 11.1 Å². The fraction of sp³-hybridized carbons (Fsp3) is 0.462. The van der Waals surface area contributed by atoms with Crippen molar-refractivity contribution in [3.8, 4) is 0 Å². The Morgan fingerprint density at radius 2 is 2.22 bits per heavy atom. The first-order valence-corrected chi connectivity index (χ1v) is 6.55. The summed E-state index contributed by atoms with van der Waals surface area (Å²) in [5, 5.41) is 3.57. The maximum atomic E-state index is 11.6.